The van der Waals surface area contributed by atoms with E-state index in [1.807, 2.05) is 43.3 Å². The van der Waals surface area contributed by atoms with Gasteiger partial charge in [-0.3, -0.25) is 4.79 Å². The minimum Gasteiger partial charge on any atom is -0.493 e. The molecule has 0 aromatic heterocycles. The van der Waals surface area contributed by atoms with Gasteiger partial charge in [-0.25, -0.2) is 5.43 Å². The maximum atomic E-state index is 11.9. The summed E-state index contributed by atoms with van der Waals surface area (Å²) in [6, 6.07) is 14.9. The molecule has 120 valence electrons. The molecule has 0 bridgehead atoms. The van der Waals surface area contributed by atoms with Crippen LogP contribution in [0.25, 0.3) is 0 Å². The maximum Gasteiger partial charge on any atom is 0.271 e. The van der Waals surface area contributed by atoms with Gasteiger partial charge < -0.3 is 4.74 Å². The van der Waals surface area contributed by atoms with E-state index in [1.165, 1.54) is 0 Å². The van der Waals surface area contributed by atoms with Gasteiger partial charge in [0.25, 0.3) is 5.91 Å². The molecule has 23 heavy (non-hydrogen) atoms. The minimum absolute atomic E-state index is 0.224. The largest absolute Gasteiger partial charge is 0.493 e. The van der Waals surface area contributed by atoms with Crippen molar-refractivity contribution >= 4 is 12.1 Å². The van der Waals surface area contributed by atoms with Crippen LogP contribution in [0.2, 0.25) is 0 Å². The third kappa shape index (κ3) is 5.58. The lowest BCUT2D eigenvalue weighted by Gasteiger charge is -2.08. The summed E-state index contributed by atoms with van der Waals surface area (Å²) in [4.78, 5) is 11.9. The van der Waals surface area contributed by atoms with Crippen molar-refractivity contribution in [3.05, 3.63) is 65.2 Å². The number of ether oxygens (including phenoxy) is 1. The Hall–Kier alpha value is -2.62. The second kappa shape index (κ2) is 8.13. The number of nitrogens with zero attached hydrogens (tertiary/aromatic N) is 1. The minimum atomic E-state index is -0.224. The molecule has 0 atom stereocenters. The Morgan fingerprint density at radius 3 is 2.39 bits per heavy atom. The average Bonchev–Trinajstić information content (AvgIpc) is 2.54. The number of hydrogen-bond donors (Lipinski definition) is 1. The number of nitrogens with one attached hydrogen (secondary N) is 1. The Kier molecular flexibility index (Phi) is 5.92. The summed E-state index contributed by atoms with van der Waals surface area (Å²) >= 11 is 0. The lowest BCUT2D eigenvalue weighted by atomic mass is 10.1. The predicted octanol–water partition coefficient (Wildman–Crippen LogP) is 3.79. The molecule has 0 aliphatic heterocycles. The Balaban J connectivity index is 1.87. The highest BCUT2D eigenvalue weighted by Crippen LogP contribution is 2.12. The van der Waals surface area contributed by atoms with Crippen molar-refractivity contribution in [2.45, 2.75) is 20.8 Å². The molecule has 2 rings (SSSR count). The molecule has 0 unspecified atom stereocenters. The number of hydrogen-bond acceptors (Lipinski definition) is 3. The molecule has 0 heterocycles. The standard InChI is InChI=1S/C19H22N2O2/c1-14(2)13-23-18-10-6-16(7-11-18)12-20-21-19(22)17-8-4-15(3)5-9-17/h4-12,14H,13H2,1-3H3,(H,21,22)/b20-12-. The first kappa shape index (κ1) is 16.7. The normalized spacial score (nSPS) is 11.0. The Labute approximate surface area is 137 Å². The lowest BCUT2D eigenvalue weighted by molar-refractivity contribution is 0.0955. The smallest absolute Gasteiger partial charge is 0.271 e. The quantitative estimate of drug-likeness (QED) is 0.652. The highest BCUT2D eigenvalue weighted by atomic mass is 16.5. The van der Waals surface area contributed by atoms with Gasteiger partial charge in [0.2, 0.25) is 0 Å². The highest BCUT2D eigenvalue weighted by Gasteiger charge is 2.02. The molecule has 2 aromatic carbocycles. The third-order valence-electron chi connectivity index (χ3n) is 3.16. The zero-order valence-electron chi connectivity index (χ0n) is 13.7. The zero-order valence-corrected chi connectivity index (χ0v) is 13.7. The van der Waals surface area contributed by atoms with Crippen LogP contribution in [-0.4, -0.2) is 18.7 Å². The number of carbonyl (C=O) groups is 1. The first-order valence-corrected chi connectivity index (χ1v) is 7.67. The van der Waals surface area contributed by atoms with Gasteiger partial charge in [0.05, 0.1) is 12.8 Å². The molecule has 0 aliphatic carbocycles. The van der Waals surface area contributed by atoms with Gasteiger partial charge in [-0.1, -0.05) is 31.5 Å². The molecule has 0 saturated carbocycles. The van der Waals surface area contributed by atoms with E-state index in [1.54, 1.807) is 18.3 Å². The van der Waals surface area contributed by atoms with Crippen LogP contribution < -0.4 is 10.2 Å². The molecule has 4 nitrogen and oxygen atoms in total. The zero-order chi connectivity index (χ0) is 16.7. The lowest BCUT2D eigenvalue weighted by Crippen LogP contribution is -2.17. The Bertz CT molecular complexity index is 659. The van der Waals surface area contributed by atoms with Crippen LogP contribution in [-0.2, 0) is 0 Å². The number of carbonyl (C=O) groups excluding carboxylic acids is 1. The van der Waals surface area contributed by atoms with E-state index in [2.05, 4.69) is 24.4 Å². The van der Waals surface area contributed by atoms with Gasteiger partial charge in [0, 0.05) is 5.56 Å². The van der Waals surface area contributed by atoms with Gasteiger partial charge in [-0.05, 0) is 54.8 Å². The van der Waals surface area contributed by atoms with Crippen LogP contribution in [0.3, 0.4) is 0 Å². The molecule has 0 radical (unpaired) electrons. The molecule has 4 heteroatoms. The molecule has 0 aliphatic rings. The van der Waals surface area contributed by atoms with E-state index in [0.717, 1.165) is 16.9 Å². The van der Waals surface area contributed by atoms with E-state index >= 15 is 0 Å². The highest BCUT2D eigenvalue weighted by molar-refractivity contribution is 5.94. The fourth-order valence-electron chi connectivity index (χ4n) is 1.85. The summed E-state index contributed by atoms with van der Waals surface area (Å²) in [5, 5.41) is 3.98. The van der Waals surface area contributed by atoms with Gasteiger partial charge in [-0.2, -0.15) is 5.10 Å². The SMILES string of the molecule is Cc1ccc(C(=O)N/N=C\c2ccc(OCC(C)C)cc2)cc1. The molecular formula is C19H22N2O2. The second-order valence-electron chi connectivity index (χ2n) is 5.84. The van der Waals surface area contributed by atoms with E-state index in [0.29, 0.717) is 18.1 Å². The van der Waals surface area contributed by atoms with Crippen LogP contribution in [0.15, 0.2) is 53.6 Å². The van der Waals surface area contributed by atoms with E-state index in [4.69, 9.17) is 4.74 Å². The molecule has 1 amide bonds. The van der Waals surface area contributed by atoms with Gasteiger partial charge in [-0.15, -0.1) is 0 Å². The Morgan fingerprint density at radius 2 is 1.78 bits per heavy atom. The number of benzene rings is 2. The number of hydrazone groups is 1. The van der Waals surface area contributed by atoms with Crippen molar-refractivity contribution in [1.82, 2.24) is 5.43 Å². The van der Waals surface area contributed by atoms with Crippen molar-refractivity contribution in [2.75, 3.05) is 6.61 Å². The van der Waals surface area contributed by atoms with Crippen LogP contribution in [0.5, 0.6) is 5.75 Å². The molecule has 1 N–H and O–H groups in total. The van der Waals surface area contributed by atoms with Gasteiger partial charge >= 0.3 is 0 Å². The summed E-state index contributed by atoms with van der Waals surface area (Å²) in [6.45, 7) is 6.89. The molecule has 0 spiro atoms. The number of aryl methyl sites for hydroxylation is 1. The summed E-state index contributed by atoms with van der Waals surface area (Å²) in [7, 11) is 0. The monoisotopic (exact) mass is 310 g/mol. The molecular weight excluding hydrogens is 288 g/mol. The van der Waals surface area contributed by atoms with Crippen LogP contribution in [0.1, 0.15) is 35.3 Å². The fraction of sp³-hybridized carbons (Fsp3) is 0.263. The van der Waals surface area contributed by atoms with E-state index in [9.17, 15) is 4.79 Å². The fourth-order valence-corrected chi connectivity index (χ4v) is 1.85. The van der Waals surface area contributed by atoms with Crippen molar-refractivity contribution in [3.63, 3.8) is 0 Å². The third-order valence-corrected chi connectivity index (χ3v) is 3.16. The van der Waals surface area contributed by atoms with Crippen LogP contribution in [0, 0.1) is 12.8 Å². The van der Waals surface area contributed by atoms with Crippen LogP contribution >= 0.6 is 0 Å². The summed E-state index contributed by atoms with van der Waals surface area (Å²) < 4.78 is 5.62. The van der Waals surface area contributed by atoms with E-state index in [-0.39, 0.29) is 5.91 Å². The first-order chi connectivity index (χ1) is 11.0. The molecule has 0 fully saturated rings. The summed E-state index contributed by atoms with van der Waals surface area (Å²) in [5.74, 6) is 1.10. The van der Waals surface area contributed by atoms with Crippen molar-refractivity contribution in [2.24, 2.45) is 11.0 Å². The summed E-state index contributed by atoms with van der Waals surface area (Å²) in [6.07, 6.45) is 1.61. The van der Waals surface area contributed by atoms with Crippen LogP contribution in [0.4, 0.5) is 0 Å². The van der Waals surface area contributed by atoms with Crippen molar-refractivity contribution in [3.8, 4) is 5.75 Å². The number of amides is 1. The Morgan fingerprint density at radius 1 is 1.13 bits per heavy atom. The van der Waals surface area contributed by atoms with Gasteiger partial charge in [0.1, 0.15) is 5.75 Å². The molecule has 2 aromatic rings. The topological polar surface area (TPSA) is 50.7 Å². The second-order valence-corrected chi connectivity index (χ2v) is 5.84. The number of rotatable bonds is 6. The maximum absolute atomic E-state index is 11.9. The van der Waals surface area contributed by atoms with Gasteiger partial charge in [0.15, 0.2) is 0 Å². The van der Waals surface area contributed by atoms with Crippen molar-refractivity contribution in [1.29, 1.82) is 0 Å². The van der Waals surface area contributed by atoms with E-state index < -0.39 is 0 Å². The first-order valence-electron chi connectivity index (χ1n) is 7.67. The summed E-state index contributed by atoms with van der Waals surface area (Å²) in [5.41, 5.74) is 5.12. The predicted molar refractivity (Wildman–Crippen MR) is 93.0 cm³/mol. The molecule has 0 saturated heterocycles. The van der Waals surface area contributed by atoms with Crippen molar-refractivity contribution < 1.29 is 9.53 Å². The average molecular weight is 310 g/mol.